The van der Waals surface area contributed by atoms with E-state index in [-0.39, 0.29) is 17.9 Å². The Bertz CT molecular complexity index is 432. The van der Waals surface area contributed by atoms with E-state index in [0.717, 1.165) is 15.6 Å². The Kier molecular flexibility index (Phi) is 6.52. The molecule has 2 atom stereocenters. The highest BCUT2D eigenvalue weighted by Crippen LogP contribution is 2.16. The van der Waals surface area contributed by atoms with Gasteiger partial charge in [0.15, 0.2) is 0 Å². The molecule has 1 rings (SSSR count). The van der Waals surface area contributed by atoms with Crippen molar-refractivity contribution in [3.05, 3.63) is 33.8 Å². The lowest BCUT2D eigenvalue weighted by atomic mass is 10.0. The van der Waals surface area contributed by atoms with Crippen molar-refractivity contribution >= 4 is 21.8 Å². The Labute approximate surface area is 123 Å². The van der Waals surface area contributed by atoms with Crippen LogP contribution >= 0.6 is 15.9 Å². The third kappa shape index (κ3) is 6.21. The Balaban J connectivity index is 2.43. The zero-order valence-corrected chi connectivity index (χ0v) is 13.3. The lowest BCUT2D eigenvalue weighted by Crippen LogP contribution is -2.30. The first-order valence-corrected chi connectivity index (χ1v) is 7.37. The maximum atomic E-state index is 11.9. The van der Waals surface area contributed by atoms with Gasteiger partial charge in [0.1, 0.15) is 0 Å². The molecule has 0 aliphatic heterocycles. The topological polar surface area (TPSA) is 49.3 Å². The number of carbonyl (C=O) groups excluding carboxylic acids is 1. The van der Waals surface area contributed by atoms with E-state index >= 15 is 0 Å². The second-order valence-corrected chi connectivity index (χ2v) is 6.16. The minimum atomic E-state index is -0.319. The summed E-state index contributed by atoms with van der Waals surface area (Å²) >= 11 is 3.41. The van der Waals surface area contributed by atoms with E-state index in [4.69, 9.17) is 0 Å². The molecule has 1 aromatic carbocycles. The van der Waals surface area contributed by atoms with Crippen molar-refractivity contribution in [1.82, 2.24) is 5.32 Å². The summed E-state index contributed by atoms with van der Waals surface area (Å²) in [4.78, 5) is 11.9. The van der Waals surface area contributed by atoms with Crippen molar-refractivity contribution in [1.29, 1.82) is 0 Å². The molecule has 0 saturated carbocycles. The zero-order chi connectivity index (χ0) is 14.4. The van der Waals surface area contributed by atoms with Crippen LogP contribution in [0.15, 0.2) is 22.7 Å². The van der Waals surface area contributed by atoms with Crippen LogP contribution in [0.5, 0.6) is 0 Å². The van der Waals surface area contributed by atoms with Gasteiger partial charge in [0.25, 0.3) is 0 Å². The standard InChI is InChI=1S/C15H22BrNO2/c1-10(6-12(3)18)9-17-15(19)8-13-4-5-14(16)7-11(13)2/h4-5,7,10,12,18H,6,8-9H2,1-3H3,(H,17,19)/t10-,12+/m0/s1. The smallest absolute Gasteiger partial charge is 0.224 e. The molecule has 4 heteroatoms. The molecular weight excluding hydrogens is 306 g/mol. The van der Waals surface area contributed by atoms with Crippen LogP contribution in [-0.2, 0) is 11.2 Å². The zero-order valence-electron chi connectivity index (χ0n) is 11.7. The molecule has 0 spiro atoms. The van der Waals surface area contributed by atoms with Crippen molar-refractivity contribution in [2.45, 2.75) is 39.7 Å². The highest BCUT2D eigenvalue weighted by molar-refractivity contribution is 9.10. The number of aliphatic hydroxyl groups is 1. The van der Waals surface area contributed by atoms with Crippen molar-refractivity contribution in [3.63, 3.8) is 0 Å². The number of nitrogens with one attached hydrogen (secondary N) is 1. The second kappa shape index (κ2) is 7.65. The van der Waals surface area contributed by atoms with Crippen LogP contribution in [0.3, 0.4) is 0 Å². The summed E-state index contributed by atoms with van der Waals surface area (Å²) in [5, 5.41) is 12.2. The molecule has 0 unspecified atom stereocenters. The van der Waals surface area contributed by atoms with Gasteiger partial charge in [-0.3, -0.25) is 4.79 Å². The first kappa shape index (κ1) is 16.2. The summed E-state index contributed by atoms with van der Waals surface area (Å²) in [6.07, 6.45) is 0.790. The molecule has 0 bridgehead atoms. The van der Waals surface area contributed by atoms with E-state index < -0.39 is 0 Å². The maximum absolute atomic E-state index is 11.9. The van der Waals surface area contributed by atoms with Crippen LogP contribution in [0, 0.1) is 12.8 Å². The summed E-state index contributed by atoms with van der Waals surface area (Å²) in [5.74, 6) is 0.317. The molecule has 0 aliphatic carbocycles. The van der Waals surface area contributed by atoms with Crippen LogP contribution in [0.4, 0.5) is 0 Å². The SMILES string of the molecule is Cc1cc(Br)ccc1CC(=O)NC[C@@H](C)C[C@@H](C)O. The third-order valence-corrected chi connectivity index (χ3v) is 3.54. The lowest BCUT2D eigenvalue weighted by Gasteiger charge is -2.14. The Morgan fingerprint density at radius 2 is 2.11 bits per heavy atom. The lowest BCUT2D eigenvalue weighted by molar-refractivity contribution is -0.120. The highest BCUT2D eigenvalue weighted by atomic mass is 79.9. The molecule has 0 saturated heterocycles. The molecule has 0 fully saturated rings. The number of aliphatic hydroxyl groups excluding tert-OH is 1. The van der Waals surface area contributed by atoms with E-state index in [0.29, 0.717) is 19.4 Å². The van der Waals surface area contributed by atoms with Crippen molar-refractivity contribution in [3.8, 4) is 0 Å². The first-order chi connectivity index (χ1) is 8.88. The normalized spacial score (nSPS) is 13.9. The van der Waals surface area contributed by atoms with E-state index in [2.05, 4.69) is 21.2 Å². The second-order valence-electron chi connectivity index (χ2n) is 5.24. The van der Waals surface area contributed by atoms with E-state index in [1.54, 1.807) is 6.92 Å². The first-order valence-electron chi connectivity index (χ1n) is 6.58. The average Bonchev–Trinajstić information content (AvgIpc) is 2.29. The molecule has 0 radical (unpaired) electrons. The molecule has 1 aromatic rings. The fraction of sp³-hybridized carbons (Fsp3) is 0.533. The monoisotopic (exact) mass is 327 g/mol. The summed E-state index contributed by atoms with van der Waals surface area (Å²) in [6, 6.07) is 5.93. The van der Waals surface area contributed by atoms with Crippen molar-refractivity contribution in [2.75, 3.05) is 6.54 Å². The molecule has 106 valence electrons. The molecule has 2 N–H and O–H groups in total. The van der Waals surface area contributed by atoms with Gasteiger partial charge in [0.05, 0.1) is 12.5 Å². The molecule has 0 aliphatic rings. The summed E-state index contributed by atoms with van der Waals surface area (Å²) in [7, 11) is 0. The number of amides is 1. The molecule has 0 heterocycles. The number of carbonyl (C=O) groups is 1. The number of rotatable bonds is 6. The van der Waals surface area contributed by atoms with Gasteiger partial charge in [-0.05, 0) is 49.4 Å². The van der Waals surface area contributed by atoms with E-state index in [1.807, 2.05) is 32.0 Å². The van der Waals surface area contributed by atoms with Crippen LogP contribution in [-0.4, -0.2) is 23.7 Å². The molecule has 0 aromatic heterocycles. The number of hydrogen-bond donors (Lipinski definition) is 2. The average molecular weight is 328 g/mol. The molecule has 1 amide bonds. The summed E-state index contributed by atoms with van der Waals surface area (Å²) in [5.41, 5.74) is 2.16. The van der Waals surface area contributed by atoms with Crippen LogP contribution in [0.2, 0.25) is 0 Å². The molecule has 3 nitrogen and oxygen atoms in total. The van der Waals surface area contributed by atoms with Gasteiger partial charge in [0.2, 0.25) is 5.91 Å². The quantitative estimate of drug-likeness (QED) is 0.844. The van der Waals surface area contributed by atoms with Crippen LogP contribution in [0.25, 0.3) is 0 Å². The van der Waals surface area contributed by atoms with Gasteiger partial charge in [-0.2, -0.15) is 0 Å². The third-order valence-electron chi connectivity index (χ3n) is 3.05. The van der Waals surface area contributed by atoms with Crippen molar-refractivity contribution in [2.24, 2.45) is 5.92 Å². The minimum absolute atomic E-state index is 0.0304. The fourth-order valence-electron chi connectivity index (χ4n) is 2.05. The molecule has 19 heavy (non-hydrogen) atoms. The van der Waals surface area contributed by atoms with E-state index in [1.165, 1.54) is 0 Å². The van der Waals surface area contributed by atoms with Gasteiger partial charge < -0.3 is 10.4 Å². The Morgan fingerprint density at radius 1 is 1.42 bits per heavy atom. The Morgan fingerprint density at radius 3 is 2.68 bits per heavy atom. The number of halogens is 1. The van der Waals surface area contributed by atoms with Crippen LogP contribution in [0.1, 0.15) is 31.4 Å². The number of hydrogen-bond acceptors (Lipinski definition) is 2. The summed E-state index contributed by atoms with van der Waals surface area (Å²) < 4.78 is 1.03. The molecular formula is C15H22BrNO2. The maximum Gasteiger partial charge on any atom is 0.224 e. The largest absolute Gasteiger partial charge is 0.393 e. The fourth-order valence-corrected chi connectivity index (χ4v) is 2.52. The Hall–Kier alpha value is -0.870. The summed E-state index contributed by atoms with van der Waals surface area (Å²) in [6.45, 7) is 6.41. The predicted octanol–water partition coefficient (Wildman–Crippen LogP) is 2.82. The van der Waals surface area contributed by atoms with Gasteiger partial charge in [-0.1, -0.05) is 28.9 Å². The number of benzene rings is 1. The minimum Gasteiger partial charge on any atom is -0.393 e. The van der Waals surface area contributed by atoms with Gasteiger partial charge in [-0.25, -0.2) is 0 Å². The van der Waals surface area contributed by atoms with Gasteiger partial charge in [0, 0.05) is 11.0 Å². The van der Waals surface area contributed by atoms with Gasteiger partial charge >= 0.3 is 0 Å². The van der Waals surface area contributed by atoms with Crippen LogP contribution < -0.4 is 5.32 Å². The van der Waals surface area contributed by atoms with Gasteiger partial charge in [-0.15, -0.1) is 0 Å². The van der Waals surface area contributed by atoms with Crippen molar-refractivity contribution < 1.29 is 9.90 Å². The number of aryl methyl sites for hydroxylation is 1. The van der Waals surface area contributed by atoms with E-state index in [9.17, 15) is 9.90 Å². The highest BCUT2D eigenvalue weighted by Gasteiger charge is 2.10. The predicted molar refractivity (Wildman–Crippen MR) is 81.1 cm³/mol.